The Hall–Kier alpha value is -3.45. The van der Waals surface area contributed by atoms with Crippen LogP contribution in [0.1, 0.15) is 28.4 Å². The summed E-state index contributed by atoms with van der Waals surface area (Å²) in [6, 6.07) is 13.3. The van der Waals surface area contributed by atoms with Gasteiger partial charge in [0.15, 0.2) is 0 Å². The van der Waals surface area contributed by atoms with Gasteiger partial charge in [0.2, 0.25) is 5.95 Å². The maximum atomic E-state index is 12.7. The number of H-pyrrole nitrogens is 1. The highest BCUT2D eigenvalue weighted by Crippen LogP contribution is 2.24. The van der Waals surface area contributed by atoms with Crippen molar-refractivity contribution in [1.29, 1.82) is 0 Å². The van der Waals surface area contributed by atoms with Gasteiger partial charge < -0.3 is 4.74 Å². The summed E-state index contributed by atoms with van der Waals surface area (Å²) in [7, 11) is 0. The lowest BCUT2D eigenvalue weighted by atomic mass is 10.0. The van der Waals surface area contributed by atoms with Gasteiger partial charge in [-0.25, -0.2) is 14.5 Å². The van der Waals surface area contributed by atoms with Crippen molar-refractivity contribution in [2.75, 3.05) is 6.61 Å². The van der Waals surface area contributed by atoms with Crippen LogP contribution in [-0.4, -0.2) is 32.3 Å². The van der Waals surface area contributed by atoms with Crippen LogP contribution in [0.4, 0.5) is 0 Å². The standard InChI is InChI=1S/C21H17ClN4O3/c1-2-29-20(28)15-11-23-26(12-15)21-24-18-10-17(22)14(9-16(18)19(27)25-21)8-13-6-4-3-5-7-13/h3-7,9-12H,2,8H2,1H3,(H,24,25,27). The van der Waals surface area contributed by atoms with Gasteiger partial charge in [-0.3, -0.25) is 9.78 Å². The molecular weight excluding hydrogens is 392 g/mol. The quantitative estimate of drug-likeness (QED) is 0.510. The van der Waals surface area contributed by atoms with E-state index in [1.54, 1.807) is 19.1 Å². The Bertz CT molecular complexity index is 1250. The molecule has 8 heteroatoms. The van der Waals surface area contributed by atoms with E-state index in [9.17, 15) is 9.59 Å². The van der Waals surface area contributed by atoms with Crippen molar-refractivity contribution in [3.8, 4) is 5.95 Å². The third kappa shape index (κ3) is 3.90. The molecule has 29 heavy (non-hydrogen) atoms. The Balaban J connectivity index is 1.72. The van der Waals surface area contributed by atoms with Crippen LogP contribution in [0.25, 0.3) is 16.9 Å². The minimum atomic E-state index is -0.490. The van der Waals surface area contributed by atoms with Crippen LogP contribution in [0, 0.1) is 0 Å². The first-order valence-corrected chi connectivity index (χ1v) is 9.41. The second-order valence-corrected chi connectivity index (χ2v) is 6.81. The lowest BCUT2D eigenvalue weighted by molar-refractivity contribution is 0.0526. The van der Waals surface area contributed by atoms with Crippen molar-refractivity contribution in [2.24, 2.45) is 0 Å². The Morgan fingerprint density at radius 3 is 2.79 bits per heavy atom. The van der Waals surface area contributed by atoms with Crippen LogP contribution in [-0.2, 0) is 11.2 Å². The van der Waals surface area contributed by atoms with Crippen molar-refractivity contribution in [1.82, 2.24) is 19.7 Å². The number of benzene rings is 2. The number of rotatable bonds is 5. The largest absolute Gasteiger partial charge is 0.462 e. The van der Waals surface area contributed by atoms with Crippen LogP contribution < -0.4 is 5.56 Å². The number of carbonyl (C=O) groups excluding carboxylic acids is 1. The van der Waals surface area contributed by atoms with Gasteiger partial charge in [-0.2, -0.15) is 5.10 Å². The van der Waals surface area contributed by atoms with Gasteiger partial charge in [0.25, 0.3) is 5.56 Å². The zero-order valence-electron chi connectivity index (χ0n) is 15.6. The summed E-state index contributed by atoms with van der Waals surface area (Å²) in [5.41, 5.74) is 2.33. The van der Waals surface area contributed by atoms with E-state index in [0.717, 1.165) is 11.1 Å². The average molecular weight is 409 g/mol. The topological polar surface area (TPSA) is 89.9 Å². The molecule has 146 valence electrons. The molecule has 0 radical (unpaired) electrons. The van der Waals surface area contributed by atoms with E-state index in [2.05, 4.69) is 15.1 Å². The number of halogens is 1. The minimum absolute atomic E-state index is 0.185. The van der Waals surface area contributed by atoms with Crippen LogP contribution >= 0.6 is 11.6 Å². The van der Waals surface area contributed by atoms with Crippen molar-refractivity contribution < 1.29 is 9.53 Å². The molecule has 7 nitrogen and oxygen atoms in total. The number of nitrogens with one attached hydrogen (secondary N) is 1. The van der Waals surface area contributed by atoms with Crippen molar-refractivity contribution >= 4 is 28.5 Å². The maximum absolute atomic E-state index is 12.7. The average Bonchev–Trinajstić information content (AvgIpc) is 3.20. The second-order valence-electron chi connectivity index (χ2n) is 6.41. The summed E-state index contributed by atoms with van der Waals surface area (Å²) >= 11 is 6.45. The van der Waals surface area contributed by atoms with Crippen LogP contribution in [0.2, 0.25) is 5.02 Å². The predicted octanol–water partition coefficient (Wildman–Crippen LogP) is 3.53. The molecule has 0 saturated heterocycles. The number of hydrogen-bond donors (Lipinski definition) is 1. The SMILES string of the molecule is CCOC(=O)c1cnn(-c2nc3cc(Cl)c(Cc4ccccc4)cc3c(=O)[nH]2)c1. The molecule has 2 aromatic carbocycles. The fourth-order valence-electron chi connectivity index (χ4n) is 3.01. The normalized spacial score (nSPS) is 11.0. The molecule has 0 aliphatic rings. The van der Waals surface area contributed by atoms with Gasteiger partial charge in [0, 0.05) is 11.2 Å². The Morgan fingerprint density at radius 1 is 1.24 bits per heavy atom. The number of fused-ring (bicyclic) bond motifs is 1. The van der Waals surface area contributed by atoms with E-state index in [1.807, 2.05) is 30.3 Å². The number of carbonyl (C=O) groups is 1. The van der Waals surface area contributed by atoms with Gasteiger partial charge in [-0.05, 0) is 36.6 Å². The number of aromatic nitrogens is 4. The molecule has 0 spiro atoms. The number of ether oxygens (including phenoxy) is 1. The molecule has 0 aliphatic carbocycles. The molecule has 4 rings (SSSR count). The van der Waals surface area contributed by atoms with Crippen molar-refractivity contribution in [3.05, 3.63) is 86.9 Å². The highest BCUT2D eigenvalue weighted by Gasteiger charge is 2.14. The number of hydrogen-bond acceptors (Lipinski definition) is 5. The fourth-order valence-corrected chi connectivity index (χ4v) is 3.24. The predicted molar refractivity (Wildman–Crippen MR) is 110 cm³/mol. The van der Waals surface area contributed by atoms with Crippen LogP contribution in [0.15, 0.2) is 59.7 Å². The van der Waals surface area contributed by atoms with E-state index in [0.29, 0.717) is 22.3 Å². The van der Waals surface area contributed by atoms with Gasteiger partial charge in [-0.15, -0.1) is 0 Å². The summed E-state index contributed by atoms with van der Waals surface area (Å²) < 4.78 is 6.27. The molecular formula is C21H17ClN4O3. The Morgan fingerprint density at radius 2 is 2.03 bits per heavy atom. The molecule has 4 aromatic rings. The maximum Gasteiger partial charge on any atom is 0.341 e. The van der Waals surface area contributed by atoms with Gasteiger partial charge in [-0.1, -0.05) is 41.9 Å². The molecule has 0 fully saturated rings. The van der Waals surface area contributed by atoms with Crippen molar-refractivity contribution in [3.63, 3.8) is 0 Å². The smallest absolute Gasteiger partial charge is 0.341 e. The molecule has 2 heterocycles. The van der Waals surface area contributed by atoms with Crippen LogP contribution in [0.5, 0.6) is 0 Å². The summed E-state index contributed by atoms with van der Waals surface area (Å²) in [4.78, 5) is 31.6. The van der Waals surface area contributed by atoms with Crippen molar-refractivity contribution in [2.45, 2.75) is 13.3 Å². The van der Waals surface area contributed by atoms with E-state index in [1.165, 1.54) is 17.1 Å². The molecule has 0 atom stereocenters. The molecule has 0 unspecified atom stereocenters. The van der Waals surface area contributed by atoms with Gasteiger partial charge >= 0.3 is 5.97 Å². The summed E-state index contributed by atoms with van der Waals surface area (Å²) in [5, 5.41) is 5.04. The molecule has 0 bridgehead atoms. The zero-order valence-corrected chi connectivity index (χ0v) is 16.3. The monoisotopic (exact) mass is 408 g/mol. The molecule has 0 saturated carbocycles. The highest BCUT2D eigenvalue weighted by atomic mass is 35.5. The van der Waals surface area contributed by atoms with E-state index in [4.69, 9.17) is 16.3 Å². The van der Waals surface area contributed by atoms with E-state index in [-0.39, 0.29) is 23.7 Å². The van der Waals surface area contributed by atoms with E-state index >= 15 is 0 Å². The second kappa shape index (κ2) is 7.89. The third-order valence-electron chi connectivity index (χ3n) is 4.41. The van der Waals surface area contributed by atoms with E-state index < -0.39 is 5.97 Å². The highest BCUT2D eigenvalue weighted by molar-refractivity contribution is 6.32. The Kier molecular flexibility index (Phi) is 5.14. The summed E-state index contributed by atoms with van der Waals surface area (Å²) in [6.45, 7) is 1.99. The molecule has 0 amide bonds. The first kappa shape index (κ1) is 18.9. The minimum Gasteiger partial charge on any atom is -0.462 e. The number of esters is 1. The van der Waals surface area contributed by atoms with Crippen LogP contribution in [0.3, 0.4) is 0 Å². The fraction of sp³-hybridized carbons (Fsp3) is 0.143. The summed E-state index contributed by atoms with van der Waals surface area (Å²) in [6.07, 6.45) is 3.42. The first-order chi connectivity index (χ1) is 14.0. The number of nitrogens with zero attached hydrogens (tertiary/aromatic N) is 3. The Labute approximate surface area is 170 Å². The lowest BCUT2D eigenvalue weighted by Crippen LogP contribution is -2.14. The van der Waals surface area contributed by atoms with Gasteiger partial charge in [0.1, 0.15) is 0 Å². The molecule has 2 aromatic heterocycles. The summed E-state index contributed by atoms with van der Waals surface area (Å²) in [5.74, 6) is -0.305. The first-order valence-electron chi connectivity index (χ1n) is 9.03. The molecule has 1 N–H and O–H groups in total. The van der Waals surface area contributed by atoms with Gasteiger partial charge in [0.05, 0.1) is 29.3 Å². The third-order valence-corrected chi connectivity index (χ3v) is 4.76. The number of aromatic amines is 1. The lowest BCUT2D eigenvalue weighted by Gasteiger charge is -2.08. The molecule has 0 aliphatic heterocycles. The zero-order chi connectivity index (χ0) is 20.4.